The minimum Gasteiger partial charge on any atom is -0.634 e. The predicted molar refractivity (Wildman–Crippen MR) is 61.8 cm³/mol. The van der Waals surface area contributed by atoms with E-state index in [4.69, 9.17) is 4.74 Å². The molecule has 16 heavy (non-hydrogen) atoms. The maximum atomic E-state index is 12.1. The van der Waals surface area contributed by atoms with E-state index in [0.717, 1.165) is 0 Å². The second kappa shape index (κ2) is 4.34. The van der Waals surface area contributed by atoms with Crippen LogP contribution >= 0.6 is 0 Å². The first-order valence-electron chi connectivity index (χ1n) is 5.92. The Morgan fingerprint density at radius 1 is 1.31 bits per heavy atom. The summed E-state index contributed by atoms with van der Waals surface area (Å²) in [5.41, 5.74) is -0.835. The van der Waals surface area contributed by atoms with Gasteiger partial charge in [0.05, 0.1) is 23.6 Å². The second-order valence-electron chi connectivity index (χ2n) is 5.95. The number of ether oxygens (including phenoxy) is 1. The van der Waals surface area contributed by atoms with Crippen LogP contribution in [0.5, 0.6) is 0 Å². The van der Waals surface area contributed by atoms with Crippen LogP contribution in [0.15, 0.2) is 0 Å². The largest absolute Gasteiger partial charge is 0.634 e. The average Bonchev–Trinajstić information content (AvgIpc) is 2.13. The number of quaternary nitrogens is 1. The number of nitrogens with one attached hydrogen (secondary N) is 1. The Kier molecular flexibility index (Phi) is 3.65. The van der Waals surface area contributed by atoms with Gasteiger partial charge in [0.15, 0.2) is 0 Å². The van der Waals surface area contributed by atoms with Crippen LogP contribution in [-0.2, 0) is 9.53 Å². The van der Waals surface area contributed by atoms with Gasteiger partial charge < -0.3 is 15.0 Å². The van der Waals surface area contributed by atoms with Crippen molar-refractivity contribution in [2.45, 2.75) is 58.5 Å². The summed E-state index contributed by atoms with van der Waals surface area (Å²) in [4.78, 5) is 11.7. The van der Waals surface area contributed by atoms with Crippen LogP contribution in [0.25, 0.3) is 0 Å². The molecule has 1 heterocycles. The van der Waals surface area contributed by atoms with Gasteiger partial charge in [-0.3, -0.25) is 4.79 Å². The van der Waals surface area contributed by atoms with Gasteiger partial charge in [0, 0.05) is 12.8 Å². The molecule has 0 aromatic rings. The van der Waals surface area contributed by atoms with E-state index >= 15 is 0 Å². The summed E-state index contributed by atoms with van der Waals surface area (Å²) in [5.74, 6) is -0.293. The Bertz CT molecular complexity index is 255. The maximum Gasteiger partial charge on any atom is 0.309 e. The molecule has 0 aromatic heterocycles. The van der Waals surface area contributed by atoms with Gasteiger partial charge >= 0.3 is 5.97 Å². The number of esters is 1. The fraction of sp³-hybridized carbons (Fsp3) is 0.917. The third-order valence-electron chi connectivity index (χ3n) is 3.36. The highest BCUT2D eigenvalue weighted by Gasteiger charge is 2.47. The molecule has 0 atom stereocenters. The predicted octanol–water partition coefficient (Wildman–Crippen LogP) is 0.899. The van der Waals surface area contributed by atoms with Crippen LogP contribution < -0.4 is 5.06 Å². The molecule has 4 heteroatoms. The van der Waals surface area contributed by atoms with Crippen molar-refractivity contribution in [1.82, 2.24) is 0 Å². The Labute approximate surface area is 97.5 Å². The zero-order valence-corrected chi connectivity index (χ0v) is 10.9. The molecule has 1 rings (SSSR count). The maximum absolute atomic E-state index is 12.1. The third kappa shape index (κ3) is 2.55. The Hall–Kier alpha value is -0.610. The van der Waals surface area contributed by atoms with Crippen molar-refractivity contribution < 1.29 is 14.6 Å². The molecule has 0 aromatic carbocycles. The van der Waals surface area contributed by atoms with Gasteiger partial charge in [-0.25, -0.2) is 0 Å². The molecule has 1 fully saturated rings. The highest BCUT2D eigenvalue weighted by atomic mass is 16.5. The van der Waals surface area contributed by atoms with Crippen molar-refractivity contribution in [3.63, 3.8) is 0 Å². The third-order valence-corrected chi connectivity index (χ3v) is 3.36. The van der Waals surface area contributed by atoms with E-state index in [0.29, 0.717) is 19.4 Å². The summed E-state index contributed by atoms with van der Waals surface area (Å²) < 4.78 is 5.05. The van der Waals surface area contributed by atoms with E-state index in [1.54, 1.807) is 0 Å². The quantitative estimate of drug-likeness (QED) is 0.565. The fourth-order valence-electron chi connectivity index (χ4n) is 2.83. The van der Waals surface area contributed by atoms with Crippen molar-refractivity contribution in [2.24, 2.45) is 5.92 Å². The molecule has 4 nitrogen and oxygen atoms in total. The summed E-state index contributed by atoms with van der Waals surface area (Å²) in [6.45, 7) is 9.89. The molecule has 1 N–H and O–H groups in total. The van der Waals surface area contributed by atoms with Crippen molar-refractivity contribution in [3.8, 4) is 0 Å². The van der Waals surface area contributed by atoms with Crippen molar-refractivity contribution in [1.29, 1.82) is 0 Å². The molecule has 0 aliphatic carbocycles. The lowest BCUT2D eigenvalue weighted by molar-refractivity contribution is -0.956. The number of rotatable bonds is 2. The standard InChI is InChI=1S/C12H23NO3/c1-6-16-10(14)9-7-11(2,3)13(15)12(4,5)8-9/h9,13H,6-8H2,1-5H3. The molecule has 0 saturated carbocycles. The second-order valence-corrected chi connectivity index (χ2v) is 5.95. The number of hydrogen-bond acceptors (Lipinski definition) is 3. The Balaban J connectivity index is 2.82. The average molecular weight is 229 g/mol. The van der Waals surface area contributed by atoms with Gasteiger partial charge in [-0.2, -0.15) is 0 Å². The van der Waals surface area contributed by atoms with E-state index in [1.165, 1.54) is 0 Å². The first-order valence-corrected chi connectivity index (χ1v) is 5.92. The van der Waals surface area contributed by atoms with Crippen LogP contribution in [0.3, 0.4) is 0 Å². The van der Waals surface area contributed by atoms with Gasteiger partial charge in [-0.05, 0) is 34.6 Å². The van der Waals surface area contributed by atoms with Gasteiger partial charge in [-0.15, -0.1) is 0 Å². The van der Waals surface area contributed by atoms with Crippen LogP contribution in [0.2, 0.25) is 0 Å². The summed E-state index contributed by atoms with van der Waals surface area (Å²) in [6.07, 6.45) is 1.21. The fourth-order valence-corrected chi connectivity index (χ4v) is 2.83. The zero-order valence-electron chi connectivity index (χ0n) is 10.9. The SMILES string of the molecule is CCOC(=O)C1CC(C)(C)[NH+]([O-])C(C)(C)C1. The number of hydroxylamine groups is 2. The van der Waals surface area contributed by atoms with E-state index in [-0.39, 0.29) is 17.0 Å². The zero-order chi connectivity index (χ0) is 12.6. The molecule has 0 bridgehead atoms. The molecule has 0 amide bonds. The molecule has 1 aliphatic heterocycles. The summed E-state index contributed by atoms with van der Waals surface area (Å²) >= 11 is 0. The molecule has 0 unspecified atom stereocenters. The van der Waals surface area contributed by atoms with Crippen LogP contribution in [-0.4, -0.2) is 23.7 Å². The van der Waals surface area contributed by atoms with Crippen LogP contribution in [0, 0.1) is 11.1 Å². The molecule has 0 spiro atoms. The van der Waals surface area contributed by atoms with E-state index in [1.807, 2.05) is 34.6 Å². The highest BCUT2D eigenvalue weighted by Crippen LogP contribution is 2.29. The molecule has 1 saturated heterocycles. The van der Waals surface area contributed by atoms with E-state index in [9.17, 15) is 10.0 Å². The number of carbonyl (C=O) groups excluding carboxylic acids is 1. The minimum absolute atomic E-state index is 0.136. The van der Waals surface area contributed by atoms with Crippen LogP contribution in [0.4, 0.5) is 0 Å². The summed E-state index contributed by atoms with van der Waals surface area (Å²) in [5, 5.41) is 12.4. The topological polar surface area (TPSA) is 53.8 Å². The van der Waals surface area contributed by atoms with Crippen molar-refractivity contribution in [2.75, 3.05) is 6.61 Å². The highest BCUT2D eigenvalue weighted by molar-refractivity contribution is 5.72. The first kappa shape index (κ1) is 13.5. The van der Waals surface area contributed by atoms with Gasteiger partial charge in [-0.1, -0.05) is 0 Å². The monoisotopic (exact) mass is 229 g/mol. The lowest BCUT2D eigenvalue weighted by atomic mass is 9.75. The van der Waals surface area contributed by atoms with E-state index in [2.05, 4.69) is 0 Å². The summed E-state index contributed by atoms with van der Waals surface area (Å²) in [6, 6.07) is 0. The number of piperidine rings is 1. The lowest BCUT2D eigenvalue weighted by Gasteiger charge is -2.54. The van der Waals surface area contributed by atoms with Gasteiger partial charge in [0.2, 0.25) is 0 Å². The summed E-state index contributed by atoms with van der Waals surface area (Å²) in [7, 11) is 0. The smallest absolute Gasteiger partial charge is 0.309 e. The van der Waals surface area contributed by atoms with Crippen LogP contribution in [0.1, 0.15) is 47.5 Å². The van der Waals surface area contributed by atoms with Crippen molar-refractivity contribution >= 4 is 5.97 Å². The molecular weight excluding hydrogens is 206 g/mol. The minimum atomic E-state index is -0.417. The molecular formula is C12H23NO3. The normalized spacial score (nSPS) is 32.1. The Morgan fingerprint density at radius 2 is 1.75 bits per heavy atom. The first-order chi connectivity index (χ1) is 7.20. The van der Waals surface area contributed by atoms with Crippen molar-refractivity contribution in [3.05, 3.63) is 5.21 Å². The molecule has 0 radical (unpaired) electrons. The van der Waals surface area contributed by atoms with Gasteiger partial charge in [0.1, 0.15) is 0 Å². The molecule has 1 aliphatic rings. The number of carbonyl (C=O) groups is 1. The number of hydrogen-bond donors (Lipinski definition) is 1. The lowest BCUT2D eigenvalue weighted by Crippen LogP contribution is -3.23. The molecule has 94 valence electrons. The van der Waals surface area contributed by atoms with E-state index < -0.39 is 11.1 Å². The van der Waals surface area contributed by atoms with Gasteiger partial charge in [0.25, 0.3) is 0 Å². The Morgan fingerprint density at radius 3 is 2.12 bits per heavy atom.